The van der Waals surface area contributed by atoms with E-state index < -0.39 is 17.7 Å². The van der Waals surface area contributed by atoms with Crippen LogP contribution in [-0.2, 0) is 0 Å². The molecule has 3 aromatic rings. The van der Waals surface area contributed by atoms with Gasteiger partial charge in [0.15, 0.2) is 29.4 Å². The Morgan fingerprint density at radius 3 is 2.59 bits per heavy atom. The van der Waals surface area contributed by atoms with Crippen LogP contribution in [0.2, 0.25) is 0 Å². The van der Waals surface area contributed by atoms with E-state index in [1.54, 1.807) is 17.9 Å². The first-order chi connectivity index (χ1) is 15.4. The zero-order valence-electron chi connectivity index (χ0n) is 17.5. The molecular formula is C20H21F2N9O. The van der Waals surface area contributed by atoms with Gasteiger partial charge in [0.25, 0.3) is 5.88 Å². The second-order valence-electron chi connectivity index (χ2n) is 7.46. The number of nitriles is 1. The van der Waals surface area contributed by atoms with E-state index in [9.17, 15) is 4.39 Å². The highest BCUT2D eigenvalue weighted by molar-refractivity contribution is 5.54. The zero-order valence-corrected chi connectivity index (χ0v) is 17.5. The Hall–Kier alpha value is -3.88. The molecule has 2 N–H and O–H groups in total. The SMILES string of the molecule is Cc1cc(Nc2nc(O[C@@H](C)c3ncc(F)cn3)c(F)c(N3CCC(C#N)CC3)n2)n[nH]1. The molecule has 4 rings (SSSR count). The minimum absolute atomic E-state index is 0.0628. The Morgan fingerprint density at radius 2 is 1.97 bits per heavy atom. The van der Waals surface area contributed by atoms with Gasteiger partial charge in [-0.15, -0.1) is 0 Å². The maximum atomic E-state index is 15.4. The van der Waals surface area contributed by atoms with Gasteiger partial charge < -0.3 is 15.0 Å². The van der Waals surface area contributed by atoms with E-state index in [1.165, 1.54) is 0 Å². The van der Waals surface area contributed by atoms with Crippen LogP contribution in [-0.4, -0.2) is 43.2 Å². The Labute approximate surface area is 182 Å². The molecule has 12 heteroatoms. The van der Waals surface area contributed by atoms with Gasteiger partial charge >= 0.3 is 0 Å². The van der Waals surface area contributed by atoms with Crippen molar-refractivity contribution < 1.29 is 13.5 Å². The quantitative estimate of drug-likeness (QED) is 0.592. The summed E-state index contributed by atoms with van der Waals surface area (Å²) in [5, 5.41) is 19.0. The Morgan fingerprint density at radius 1 is 1.25 bits per heavy atom. The normalized spacial score (nSPS) is 15.3. The molecule has 166 valence electrons. The number of aromatic nitrogens is 6. The van der Waals surface area contributed by atoms with E-state index in [2.05, 4.69) is 41.5 Å². The average Bonchev–Trinajstić information content (AvgIpc) is 3.20. The van der Waals surface area contributed by atoms with E-state index in [4.69, 9.17) is 10.00 Å². The number of rotatable bonds is 6. The third-order valence-corrected chi connectivity index (χ3v) is 5.02. The van der Waals surface area contributed by atoms with E-state index in [0.29, 0.717) is 31.7 Å². The first-order valence-corrected chi connectivity index (χ1v) is 10.1. The summed E-state index contributed by atoms with van der Waals surface area (Å²) in [7, 11) is 0. The molecule has 1 aliphatic heterocycles. The van der Waals surface area contributed by atoms with E-state index in [-0.39, 0.29) is 29.4 Å². The van der Waals surface area contributed by atoms with Crippen LogP contribution in [0.4, 0.5) is 26.4 Å². The summed E-state index contributed by atoms with van der Waals surface area (Å²) in [6.07, 6.45) is 2.44. The number of ether oxygens (including phenoxy) is 1. The number of nitrogens with one attached hydrogen (secondary N) is 2. The van der Waals surface area contributed by atoms with E-state index in [0.717, 1.165) is 18.1 Å². The van der Waals surface area contributed by atoms with Crippen molar-refractivity contribution >= 4 is 17.6 Å². The summed E-state index contributed by atoms with van der Waals surface area (Å²) in [4.78, 5) is 18.0. The highest BCUT2D eigenvalue weighted by Crippen LogP contribution is 2.31. The minimum Gasteiger partial charge on any atom is -0.464 e. The molecule has 3 aromatic heterocycles. The second-order valence-corrected chi connectivity index (χ2v) is 7.46. The third kappa shape index (κ3) is 4.72. The lowest BCUT2D eigenvalue weighted by atomic mass is 9.99. The van der Waals surface area contributed by atoms with Crippen molar-refractivity contribution in [3.8, 4) is 11.9 Å². The molecule has 32 heavy (non-hydrogen) atoms. The summed E-state index contributed by atoms with van der Waals surface area (Å²) in [5.74, 6) is -0.885. The molecule has 0 spiro atoms. The van der Waals surface area contributed by atoms with Crippen molar-refractivity contribution in [2.45, 2.75) is 32.8 Å². The van der Waals surface area contributed by atoms with Crippen molar-refractivity contribution in [2.75, 3.05) is 23.3 Å². The molecule has 1 fully saturated rings. The van der Waals surface area contributed by atoms with Crippen molar-refractivity contribution in [1.82, 2.24) is 30.1 Å². The lowest BCUT2D eigenvalue weighted by molar-refractivity contribution is 0.196. The number of halogens is 2. The molecule has 0 radical (unpaired) electrons. The topological polar surface area (TPSA) is 129 Å². The first kappa shape index (κ1) is 21.4. The second kappa shape index (κ2) is 9.09. The fourth-order valence-electron chi connectivity index (χ4n) is 3.33. The van der Waals surface area contributed by atoms with Crippen LogP contribution < -0.4 is 15.0 Å². The predicted octanol–water partition coefficient (Wildman–Crippen LogP) is 3.20. The molecule has 0 aromatic carbocycles. The van der Waals surface area contributed by atoms with Gasteiger partial charge in [-0.2, -0.15) is 24.7 Å². The highest BCUT2D eigenvalue weighted by atomic mass is 19.1. The molecule has 1 atom stereocenters. The fraction of sp³-hybridized carbons (Fsp3) is 0.400. The third-order valence-electron chi connectivity index (χ3n) is 5.02. The number of hydrogen-bond acceptors (Lipinski definition) is 9. The van der Waals surface area contributed by atoms with Gasteiger partial charge in [0.2, 0.25) is 11.8 Å². The van der Waals surface area contributed by atoms with Gasteiger partial charge in [0.05, 0.1) is 18.5 Å². The number of anilines is 3. The molecule has 0 saturated carbocycles. The number of piperidine rings is 1. The highest BCUT2D eigenvalue weighted by Gasteiger charge is 2.27. The number of aryl methyl sites for hydroxylation is 1. The summed E-state index contributed by atoms with van der Waals surface area (Å²) in [6, 6.07) is 4.00. The van der Waals surface area contributed by atoms with Crippen LogP contribution in [0.25, 0.3) is 0 Å². The summed E-state index contributed by atoms with van der Waals surface area (Å²) >= 11 is 0. The standard InChI is InChI=1S/C20H21F2N9O/c1-11-7-15(30-29-11)26-20-27-18(31-5-3-13(8-23)4-6-31)16(22)19(28-20)32-12(2)17-24-9-14(21)10-25-17/h7,9-10,12-13H,3-6H2,1-2H3,(H2,26,27,28,29,30)/t12-/m0/s1. The van der Waals surface area contributed by atoms with Crippen molar-refractivity contribution in [2.24, 2.45) is 5.92 Å². The molecule has 0 amide bonds. The van der Waals surface area contributed by atoms with Crippen LogP contribution in [0.15, 0.2) is 18.5 Å². The average molecular weight is 441 g/mol. The lowest BCUT2D eigenvalue weighted by Gasteiger charge is -2.30. The molecule has 0 aliphatic carbocycles. The summed E-state index contributed by atoms with van der Waals surface area (Å²) in [6.45, 7) is 4.40. The van der Waals surface area contributed by atoms with Gasteiger partial charge in [0, 0.05) is 30.8 Å². The molecular weight excluding hydrogens is 420 g/mol. The number of aromatic amines is 1. The Balaban J connectivity index is 1.65. The van der Waals surface area contributed by atoms with Gasteiger partial charge in [-0.05, 0) is 26.7 Å². The zero-order chi connectivity index (χ0) is 22.7. The lowest BCUT2D eigenvalue weighted by Crippen LogP contribution is -2.34. The number of nitrogens with zero attached hydrogens (tertiary/aromatic N) is 7. The van der Waals surface area contributed by atoms with Crippen molar-refractivity contribution in [3.05, 3.63) is 41.6 Å². The minimum atomic E-state index is -0.794. The van der Waals surface area contributed by atoms with Gasteiger partial charge in [-0.25, -0.2) is 14.4 Å². The largest absolute Gasteiger partial charge is 0.464 e. The van der Waals surface area contributed by atoms with Crippen LogP contribution in [0, 0.1) is 35.8 Å². The van der Waals surface area contributed by atoms with E-state index >= 15 is 4.39 Å². The smallest absolute Gasteiger partial charge is 0.258 e. The van der Waals surface area contributed by atoms with Crippen LogP contribution >= 0.6 is 0 Å². The molecule has 4 heterocycles. The van der Waals surface area contributed by atoms with Crippen molar-refractivity contribution in [3.63, 3.8) is 0 Å². The number of H-pyrrole nitrogens is 1. The molecule has 10 nitrogen and oxygen atoms in total. The Kier molecular flexibility index (Phi) is 6.07. The van der Waals surface area contributed by atoms with Crippen LogP contribution in [0.1, 0.15) is 37.4 Å². The molecule has 1 saturated heterocycles. The van der Waals surface area contributed by atoms with Gasteiger partial charge in [0.1, 0.15) is 0 Å². The fourth-order valence-corrected chi connectivity index (χ4v) is 3.33. The summed E-state index contributed by atoms with van der Waals surface area (Å²) < 4.78 is 34.2. The van der Waals surface area contributed by atoms with Gasteiger partial charge in [-0.3, -0.25) is 5.10 Å². The summed E-state index contributed by atoms with van der Waals surface area (Å²) in [5.41, 5.74) is 0.826. The molecule has 0 bridgehead atoms. The predicted molar refractivity (Wildman–Crippen MR) is 110 cm³/mol. The first-order valence-electron chi connectivity index (χ1n) is 10.1. The van der Waals surface area contributed by atoms with Crippen LogP contribution in [0.3, 0.4) is 0 Å². The maximum Gasteiger partial charge on any atom is 0.258 e. The maximum absolute atomic E-state index is 15.4. The molecule has 1 aliphatic rings. The molecule has 0 unspecified atom stereocenters. The van der Waals surface area contributed by atoms with Crippen molar-refractivity contribution in [1.29, 1.82) is 5.26 Å². The number of hydrogen-bond donors (Lipinski definition) is 2. The van der Waals surface area contributed by atoms with Gasteiger partial charge in [-0.1, -0.05) is 0 Å². The Bertz CT molecular complexity index is 1120. The van der Waals surface area contributed by atoms with E-state index in [1.807, 2.05) is 6.92 Å². The van der Waals surface area contributed by atoms with Crippen LogP contribution in [0.5, 0.6) is 5.88 Å². The monoisotopic (exact) mass is 441 g/mol.